The molecule has 0 radical (unpaired) electrons. The van der Waals surface area contributed by atoms with Crippen LogP contribution in [0.1, 0.15) is 13.8 Å². The number of nitrogens with zero attached hydrogens (tertiary/aromatic N) is 3. The molecule has 0 N–H and O–H groups in total. The number of fused-ring (bicyclic) bond motifs is 1. The van der Waals surface area contributed by atoms with Crippen LogP contribution in [-0.2, 0) is 4.74 Å². The Hall–Kier alpha value is -2.66. The van der Waals surface area contributed by atoms with E-state index in [-0.39, 0.29) is 17.8 Å². The summed E-state index contributed by atoms with van der Waals surface area (Å²) in [6.07, 6.45) is 0.188. The third-order valence-corrected chi connectivity index (χ3v) is 4.47. The average Bonchev–Trinajstić information content (AvgIpc) is 2.61. The predicted molar refractivity (Wildman–Crippen MR) is 99.6 cm³/mol. The lowest BCUT2D eigenvalue weighted by Crippen LogP contribution is -2.47. The molecule has 2 unspecified atom stereocenters. The molecule has 0 spiro atoms. The van der Waals surface area contributed by atoms with Crippen molar-refractivity contribution in [2.24, 2.45) is 0 Å². The first kappa shape index (κ1) is 15.8. The number of ether oxygens (including phenoxy) is 1. The van der Waals surface area contributed by atoms with Gasteiger partial charge in [0, 0.05) is 13.1 Å². The van der Waals surface area contributed by atoms with Gasteiger partial charge in [0.15, 0.2) is 0 Å². The van der Waals surface area contributed by atoms with Gasteiger partial charge in [-0.05, 0) is 38.1 Å². The molecule has 128 valence electrons. The molecule has 1 aliphatic rings. The fourth-order valence-corrected chi connectivity index (χ4v) is 3.48. The van der Waals surface area contributed by atoms with Gasteiger partial charge in [0.05, 0.1) is 28.8 Å². The largest absolute Gasteiger partial charge is 0.372 e. The van der Waals surface area contributed by atoms with Gasteiger partial charge in [-0.15, -0.1) is 0 Å². The van der Waals surface area contributed by atoms with Crippen LogP contribution in [0.2, 0.25) is 0 Å². The number of hydrogen-bond donors (Lipinski definition) is 0. The number of para-hydroxylation sites is 2. The predicted octanol–water partition coefficient (Wildman–Crippen LogP) is 3.00. The van der Waals surface area contributed by atoms with Crippen LogP contribution in [0, 0.1) is 0 Å². The first-order valence-corrected chi connectivity index (χ1v) is 8.61. The summed E-state index contributed by atoms with van der Waals surface area (Å²) in [5, 5.41) is 0.629. The van der Waals surface area contributed by atoms with Crippen LogP contribution in [0.25, 0.3) is 16.6 Å². The van der Waals surface area contributed by atoms with Crippen LogP contribution in [-0.4, -0.2) is 34.8 Å². The van der Waals surface area contributed by atoms with Crippen molar-refractivity contribution in [1.82, 2.24) is 9.55 Å². The smallest absolute Gasteiger partial charge is 0.267 e. The van der Waals surface area contributed by atoms with Crippen LogP contribution < -0.4 is 10.5 Å². The highest BCUT2D eigenvalue weighted by Crippen LogP contribution is 2.22. The fraction of sp³-hybridized carbons (Fsp3) is 0.300. The molecule has 1 saturated heterocycles. The minimum atomic E-state index is -0.0430. The summed E-state index contributed by atoms with van der Waals surface area (Å²) in [6.45, 7) is 5.52. The van der Waals surface area contributed by atoms with E-state index in [1.54, 1.807) is 4.57 Å². The van der Waals surface area contributed by atoms with Crippen LogP contribution >= 0.6 is 0 Å². The fourth-order valence-electron chi connectivity index (χ4n) is 3.48. The zero-order valence-electron chi connectivity index (χ0n) is 14.4. The minimum Gasteiger partial charge on any atom is -0.372 e. The van der Waals surface area contributed by atoms with Crippen molar-refractivity contribution in [1.29, 1.82) is 0 Å². The number of benzene rings is 2. The molecule has 2 aromatic carbocycles. The third kappa shape index (κ3) is 2.91. The molecular weight excluding hydrogens is 314 g/mol. The summed E-state index contributed by atoms with van der Waals surface area (Å²) in [6, 6.07) is 17.2. The topological polar surface area (TPSA) is 47.4 Å². The highest BCUT2D eigenvalue weighted by molar-refractivity contribution is 5.79. The van der Waals surface area contributed by atoms with Crippen LogP contribution in [0.4, 0.5) is 5.95 Å². The van der Waals surface area contributed by atoms with Crippen molar-refractivity contribution in [3.05, 3.63) is 65.0 Å². The SMILES string of the molecule is CC1CN(c2nc3ccccc3c(=O)n2-c2ccccc2)CC(C)O1. The second-order valence-corrected chi connectivity index (χ2v) is 6.57. The minimum absolute atomic E-state index is 0.0430. The molecule has 1 aliphatic heterocycles. The molecule has 5 nitrogen and oxygen atoms in total. The first-order chi connectivity index (χ1) is 12.1. The summed E-state index contributed by atoms with van der Waals surface area (Å²) in [4.78, 5) is 20.2. The summed E-state index contributed by atoms with van der Waals surface area (Å²) >= 11 is 0. The molecule has 4 rings (SSSR count). The van der Waals surface area contributed by atoms with Crippen molar-refractivity contribution in [3.63, 3.8) is 0 Å². The molecule has 0 aliphatic carbocycles. The molecule has 0 bridgehead atoms. The Bertz CT molecular complexity index is 942. The summed E-state index contributed by atoms with van der Waals surface area (Å²) in [5.74, 6) is 0.678. The molecule has 3 aromatic rings. The molecule has 5 heteroatoms. The zero-order chi connectivity index (χ0) is 17.4. The summed E-state index contributed by atoms with van der Waals surface area (Å²) < 4.78 is 7.56. The van der Waals surface area contributed by atoms with Gasteiger partial charge < -0.3 is 9.64 Å². The summed E-state index contributed by atoms with van der Waals surface area (Å²) in [7, 11) is 0. The normalized spacial score (nSPS) is 20.8. The van der Waals surface area contributed by atoms with E-state index in [2.05, 4.69) is 18.7 Å². The molecule has 0 saturated carbocycles. The number of morpholine rings is 1. The van der Waals surface area contributed by atoms with Crippen molar-refractivity contribution in [3.8, 4) is 5.69 Å². The number of hydrogen-bond acceptors (Lipinski definition) is 4. The van der Waals surface area contributed by atoms with Crippen LogP contribution in [0.5, 0.6) is 0 Å². The Morgan fingerprint density at radius 1 is 0.960 bits per heavy atom. The van der Waals surface area contributed by atoms with E-state index in [9.17, 15) is 4.79 Å². The molecular formula is C20H21N3O2. The van der Waals surface area contributed by atoms with Gasteiger partial charge in [-0.25, -0.2) is 9.55 Å². The lowest BCUT2D eigenvalue weighted by Gasteiger charge is -2.36. The van der Waals surface area contributed by atoms with E-state index in [1.807, 2.05) is 54.6 Å². The van der Waals surface area contributed by atoms with Gasteiger partial charge in [-0.3, -0.25) is 4.79 Å². The van der Waals surface area contributed by atoms with E-state index in [0.717, 1.165) is 11.2 Å². The van der Waals surface area contributed by atoms with Gasteiger partial charge in [0.1, 0.15) is 0 Å². The van der Waals surface area contributed by atoms with Gasteiger partial charge in [-0.2, -0.15) is 0 Å². The quantitative estimate of drug-likeness (QED) is 0.722. The second kappa shape index (κ2) is 6.33. The van der Waals surface area contributed by atoms with Crippen molar-refractivity contribution >= 4 is 16.9 Å². The summed E-state index contributed by atoms with van der Waals surface area (Å²) in [5.41, 5.74) is 1.51. The maximum Gasteiger partial charge on any atom is 0.267 e. The van der Waals surface area contributed by atoms with Gasteiger partial charge in [0.25, 0.3) is 5.56 Å². The molecule has 2 atom stereocenters. The lowest BCUT2D eigenvalue weighted by molar-refractivity contribution is -0.00584. The van der Waals surface area contributed by atoms with E-state index in [0.29, 0.717) is 24.4 Å². The number of anilines is 1. The maximum absolute atomic E-state index is 13.2. The average molecular weight is 335 g/mol. The van der Waals surface area contributed by atoms with E-state index >= 15 is 0 Å². The van der Waals surface area contributed by atoms with Crippen LogP contribution in [0.3, 0.4) is 0 Å². The third-order valence-electron chi connectivity index (χ3n) is 4.47. The maximum atomic E-state index is 13.2. The number of aromatic nitrogens is 2. The highest BCUT2D eigenvalue weighted by atomic mass is 16.5. The molecule has 25 heavy (non-hydrogen) atoms. The Morgan fingerprint density at radius 3 is 2.32 bits per heavy atom. The zero-order valence-corrected chi connectivity index (χ0v) is 14.4. The highest BCUT2D eigenvalue weighted by Gasteiger charge is 2.26. The Balaban J connectivity index is 1.97. The van der Waals surface area contributed by atoms with Crippen molar-refractivity contribution in [2.75, 3.05) is 18.0 Å². The van der Waals surface area contributed by atoms with E-state index in [1.165, 1.54) is 0 Å². The second-order valence-electron chi connectivity index (χ2n) is 6.57. The van der Waals surface area contributed by atoms with Gasteiger partial charge in [-0.1, -0.05) is 30.3 Å². The Morgan fingerprint density at radius 2 is 1.60 bits per heavy atom. The Kier molecular flexibility index (Phi) is 4.01. The molecule has 1 aromatic heterocycles. The van der Waals surface area contributed by atoms with E-state index in [4.69, 9.17) is 9.72 Å². The monoisotopic (exact) mass is 335 g/mol. The van der Waals surface area contributed by atoms with Gasteiger partial charge in [0.2, 0.25) is 5.95 Å². The Labute approximate surface area is 146 Å². The number of rotatable bonds is 2. The molecule has 2 heterocycles. The molecule has 0 amide bonds. The lowest BCUT2D eigenvalue weighted by atomic mass is 10.2. The first-order valence-electron chi connectivity index (χ1n) is 8.61. The van der Waals surface area contributed by atoms with Crippen molar-refractivity contribution in [2.45, 2.75) is 26.1 Å². The van der Waals surface area contributed by atoms with Crippen molar-refractivity contribution < 1.29 is 4.74 Å². The molecule has 1 fully saturated rings. The van der Waals surface area contributed by atoms with Gasteiger partial charge >= 0.3 is 0 Å². The van der Waals surface area contributed by atoms with E-state index < -0.39 is 0 Å². The standard InChI is InChI=1S/C20H21N3O2/c1-14-12-22(13-15(2)25-14)20-21-18-11-7-6-10-17(18)19(24)23(20)16-8-4-3-5-9-16/h3-11,14-15H,12-13H2,1-2H3. The van der Waals surface area contributed by atoms with Crippen LogP contribution in [0.15, 0.2) is 59.4 Å².